The molecule has 0 aromatic heterocycles. The monoisotopic (exact) mass is 456 g/mol. The average molecular weight is 458 g/mol. The van der Waals surface area contributed by atoms with Gasteiger partial charge in [0, 0.05) is 9.65 Å². The number of halogens is 2. The van der Waals surface area contributed by atoms with Gasteiger partial charge in [0.15, 0.2) is 0 Å². The summed E-state index contributed by atoms with van der Waals surface area (Å²) in [4.78, 5) is 1.61. The molecule has 0 radical (unpaired) electrons. The highest BCUT2D eigenvalue weighted by Crippen LogP contribution is 2.49. The number of allylic oxidation sites excluding steroid dienone is 2. The summed E-state index contributed by atoms with van der Waals surface area (Å²) in [5, 5.41) is 0. The predicted octanol–water partition coefficient (Wildman–Crippen LogP) is 7.50. The van der Waals surface area contributed by atoms with E-state index in [4.69, 9.17) is 0 Å². The lowest BCUT2D eigenvalue weighted by Crippen LogP contribution is -2.38. The summed E-state index contributed by atoms with van der Waals surface area (Å²) in [5.74, 6) is 5.64. The van der Waals surface area contributed by atoms with Gasteiger partial charge in [-0.05, 0) is 86.9 Å². The lowest BCUT2D eigenvalue weighted by Gasteiger charge is -2.45. The molecule has 4 fully saturated rings. The Kier molecular flexibility index (Phi) is 6.14. The number of fused-ring (bicyclic) bond motifs is 2. The average Bonchev–Trinajstić information content (AvgIpc) is 2.63. The lowest BCUT2D eigenvalue weighted by atomic mass is 9.63. The minimum absolute atomic E-state index is 0.805. The van der Waals surface area contributed by atoms with Gasteiger partial charge in [0.05, 0.1) is 0 Å². The summed E-state index contributed by atoms with van der Waals surface area (Å²) < 4.78 is 0. The Morgan fingerprint density at radius 3 is 1.25 bits per heavy atom. The minimum Gasteiger partial charge on any atom is -0.0888 e. The van der Waals surface area contributed by atoms with E-state index in [2.05, 4.69) is 44.0 Å². The molecular formula is C22H34Br2. The first-order valence-corrected chi connectivity index (χ1v) is 12.5. The van der Waals surface area contributed by atoms with Crippen LogP contribution in [0.2, 0.25) is 0 Å². The Balaban J connectivity index is 1.44. The second-order valence-electron chi connectivity index (χ2n) is 9.12. The predicted molar refractivity (Wildman–Crippen MR) is 111 cm³/mol. The van der Waals surface area contributed by atoms with Crippen molar-refractivity contribution in [3.63, 3.8) is 0 Å². The molecule has 2 heteroatoms. The lowest BCUT2D eigenvalue weighted by molar-refractivity contribution is 0.130. The van der Waals surface area contributed by atoms with Crippen LogP contribution < -0.4 is 0 Å². The molecule has 0 amide bonds. The maximum absolute atomic E-state index is 4.01. The second-order valence-corrected chi connectivity index (χ2v) is 11.5. The molecule has 0 N–H and O–H groups in total. The third-order valence-corrected chi connectivity index (χ3v) is 10.2. The molecule has 0 heterocycles. The zero-order chi connectivity index (χ0) is 16.5. The second kappa shape index (κ2) is 8.15. The zero-order valence-electron chi connectivity index (χ0n) is 15.0. The molecule has 8 atom stereocenters. The van der Waals surface area contributed by atoms with Crippen molar-refractivity contribution in [3.05, 3.63) is 12.2 Å². The van der Waals surface area contributed by atoms with Crippen molar-refractivity contribution in [2.45, 2.75) is 86.7 Å². The summed E-state index contributed by atoms with van der Waals surface area (Å²) in [6.07, 6.45) is 22.9. The topological polar surface area (TPSA) is 0 Å². The van der Waals surface area contributed by atoms with Gasteiger partial charge in [0.2, 0.25) is 0 Å². The Morgan fingerprint density at radius 2 is 0.833 bits per heavy atom. The van der Waals surface area contributed by atoms with Crippen LogP contribution in [-0.4, -0.2) is 9.65 Å². The number of rotatable bonds is 2. The van der Waals surface area contributed by atoms with Crippen LogP contribution in [0.1, 0.15) is 77.0 Å². The van der Waals surface area contributed by atoms with Gasteiger partial charge in [-0.25, -0.2) is 0 Å². The summed E-state index contributed by atoms with van der Waals surface area (Å²) in [6, 6.07) is 0. The Bertz CT molecular complexity index is 405. The van der Waals surface area contributed by atoms with Crippen LogP contribution in [0.3, 0.4) is 0 Å². The highest BCUT2D eigenvalue weighted by Gasteiger charge is 2.40. The van der Waals surface area contributed by atoms with E-state index in [-0.39, 0.29) is 0 Å². The molecule has 4 aliphatic carbocycles. The van der Waals surface area contributed by atoms with E-state index >= 15 is 0 Å². The van der Waals surface area contributed by atoms with Gasteiger partial charge < -0.3 is 0 Å². The minimum atomic E-state index is 0.805. The highest BCUT2D eigenvalue weighted by molar-refractivity contribution is 9.09. The summed E-state index contributed by atoms with van der Waals surface area (Å²) in [6.45, 7) is 0. The number of hydrogen-bond donors (Lipinski definition) is 0. The Labute approximate surface area is 165 Å². The van der Waals surface area contributed by atoms with Gasteiger partial charge in [-0.1, -0.05) is 69.7 Å². The fraction of sp³-hybridized carbons (Fsp3) is 0.909. The maximum atomic E-state index is 4.01. The quantitative estimate of drug-likeness (QED) is 0.297. The molecule has 0 saturated heterocycles. The molecule has 4 rings (SSSR count). The van der Waals surface area contributed by atoms with Crippen LogP contribution in [0.15, 0.2) is 12.2 Å². The van der Waals surface area contributed by atoms with Gasteiger partial charge in [-0.15, -0.1) is 0 Å². The third-order valence-electron chi connectivity index (χ3n) is 7.94. The smallest absolute Gasteiger partial charge is 0.0177 e. The van der Waals surface area contributed by atoms with Crippen LogP contribution in [0.25, 0.3) is 0 Å². The van der Waals surface area contributed by atoms with Crippen molar-refractivity contribution in [2.24, 2.45) is 35.5 Å². The van der Waals surface area contributed by atoms with E-state index in [0.717, 1.165) is 45.2 Å². The van der Waals surface area contributed by atoms with Crippen LogP contribution in [-0.2, 0) is 0 Å². The molecule has 4 saturated carbocycles. The van der Waals surface area contributed by atoms with Gasteiger partial charge in [-0.2, -0.15) is 0 Å². The molecule has 0 bridgehead atoms. The number of alkyl halides is 2. The van der Waals surface area contributed by atoms with Crippen molar-refractivity contribution >= 4 is 31.9 Å². The number of hydrogen-bond acceptors (Lipinski definition) is 0. The van der Waals surface area contributed by atoms with Crippen molar-refractivity contribution in [2.75, 3.05) is 0 Å². The first kappa shape index (κ1) is 18.1. The summed E-state index contributed by atoms with van der Waals surface area (Å²) >= 11 is 8.02. The van der Waals surface area contributed by atoms with E-state index in [1.165, 1.54) is 77.0 Å². The first-order chi connectivity index (χ1) is 11.7. The normalized spacial score (nSPS) is 49.6. The largest absolute Gasteiger partial charge is 0.0888 e. The van der Waals surface area contributed by atoms with E-state index in [9.17, 15) is 0 Å². The molecule has 4 aliphatic rings. The fourth-order valence-corrected chi connectivity index (χ4v) is 8.50. The molecule has 0 spiro atoms. The molecular weight excluding hydrogens is 424 g/mol. The summed E-state index contributed by atoms with van der Waals surface area (Å²) in [5.41, 5.74) is 0. The highest BCUT2D eigenvalue weighted by atomic mass is 79.9. The molecule has 24 heavy (non-hydrogen) atoms. The van der Waals surface area contributed by atoms with Gasteiger partial charge in [-0.3, -0.25) is 0 Å². The van der Waals surface area contributed by atoms with E-state index in [0.29, 0.717) is 0 Å². The molecule has 8 unspecified atom stereocenters. The first-order valence-electron chi connectivity index (χ1n) is 10.7. The SMILES string of the molecule is BrC1CCC(/C=C/C2CCC(Br)C3CCCCC23)C2CCCCC12. The Hall–Kier alpha value is 0.700. The third kappa shape index (κ3) is 3.71. The maximum Gasteiger partial charge on any atom is 0.0177 e. The molecule has 0 aromatic carbocycles. The van der Waals surface area contributed by atoms with Crippen molar-refractivity contribution in [1.29, 1.82) is 0 Å². The van der Waals surface area contributed by atoms with Crippen molar-refractivity contribution in [1.82, 2.24) is 0 Å². The van der Waals surface area contributed by atoms with Crippen molar-refractivity contribution < 1.29 is 0 Å². The van der Waals surface area contributed by atoms with Crippen LogP contribution in [0.5, 0.6) is 0 Å². The van der Waals surface area contributed by atoms with E-state index < -0.39 is 0 Å². The van der Waals surface area contributed by atoms with Crippen molar-refractivity contribution in [3.8, 4) is 0 Å². The standard InChI is InChI=1S/C22H34Br2/c23-21-13-11-15(17-5-1-3-7-19(17)21)9-10-16-12-14-22(24)20-8-4-2-6-18(16)20/h9-10,15-22H,1-8,11-14H2/b10-9+. The van der Waals surface area contributed by atoms with E-state index in [1.807, 2.05) is 0 Å². The van der Waals surface area contributed by atoms with Crippen LogP contribution in [0, 0.1) is 35.5 Å². The molecule has 0 nitrogen and oxygen atoms in total. The molecule has 0 aromatic rings. The van der Waals surface area contributed by atoms with E-state index in [1.54, 1.807) is 0 Å². The Morgan fingerprint density at radius 1 is 0.458 bits per heavy atom. The molecule has 0 aliphatic heterocycles. The van der Waals surface area contributed by atoms with Gasteiger partial charge >= 0.3 is 0 Å². The van der Waals surface area contributed by atoms with Crippen LogP contribution >= 0.6 is 31.9 Å². The zero-order valence-corrected chi connectivity index (χ0v) is 18.2. The van der Waals surface area contributed by atoms with Gasteiger partial charge in [0.25, 0.3) is 0 Å². The van der Waals surface area contributed by atoms with Gasteiger partial charge in [0.1, 0.15) is 0 Å². The summed E-state index contributed by atoms with van der Waals surface area (Å²) in [7, 11) is 0. The fourth-order valence-electron chi connectivity index (χ4n) is 6.66. The van der Waals surface area contributed by atoms with Crippen LogP contribution in [0.4, 0.5) is 0 Å². The molecule has 136 valence electrons.